The highest BCUT2D eigenvalue weighted by molar-refractivity contribution is 5.46. The van der Waals surface area contributed by atoms with Gasteiger partial charge in [0.1, 0.15) is 0 Å². The minimum absolute atomic E-state index is 0.341. The van der Waals surface area contributed by atoms with Crippen molar-refractivity contribution in [3.8, 4) is 0 Å². The second-order valence-corrected chi connectivity index (χ2v) is 3.05. The van der Waals surface area contributed by atoms with E-state index in [1.54, 1.807) is 0 Å². The summed E-state index contributed by atoms with van der Waals surface area (Å²) in [5, 5.41) is 2.76. The lowest BCUT2D eigenvalue weighted by Gasteiger charge is -2.39. The van der Waals surface area contributed by atoms with E-state index in [0.717, 1.165) is 19.5 Å². The van der Waals surface area contributed by atoms with Crippen LogP contribution in [0.15, 0.2) is 0 Å². The zero-order valence-electron chi connectivity index (χ0n) is 6.50. The maximum absolute atomic E-state index is 10.0. The molecule has 58 valence electrons. The Kier molecular flexibility index (Phi) is 2.27. The highest BCUT2D eigenvalue weighted by atomic mass is 16.1. The number of rotatable bonds is 3. The normalized spacial score (nSPS) is 23.4. The summed E-state index contributed by atoms with van der Waals surface area (Å²) in [6.07, 6.45) is 0.781. The van der Waals surface area contributed by atoms with Gasteiger partial charge in [-0.15, -0.1) is 0 Å². The number of carbonyl (C=O) groups is 1. The quantitative estimate of drug-likeness (QED) is 0.548. The van der Waals surface area contributed by atoms with Crippen molar-refractivity contribution in [3.63, 3.8) is 0 Å². The van der Waals surface area contributed by atoms with Gasteiger partial charge < -0.3 is 10.2 Å². The molecule has 10 heavy (non-hydrogen) atoms. The molecule has 0 spiro atoms. The van der Waals surface area contributed by atoms with Gasteiger partial charge in [0.15, 0.2) is 0 Å². The van der Waals surface area contributed by atoms with Crippen molar-refractivity contribution in [2.45, 2.75) is 13.0 Å². The van der Waals surface area contributed by atoms with Crippen molar-refractivity contribution in [2.75, 3.05) is 20.1 Å². The fourth-order valence-corrected chi connectivity index (χ4v) is 1.31. The van der Waals surface area contributed by atoms with Crippen molar-refractivity contribution in [2.24, 2.45) is 5.92 Å². The fraction of sp³-hybridized carbons (Fsp3) is 0.857. The van der Waals surface area contributed by atoms with Gasteiger partial charge in [0.25, 0.3) is 0 Å². The molecule has 0 aromatic rings. The monoisotopic (exact) mass is 142 g/mol. The van der Waals surface area contributed by atoms with Crippen LogP contribution in [0.2, 0.25) is 0 Å². The lowest BCUT2D eigenvalue weighted by molar-refractivity contribution is -0.110. The summed E-state index contributed by atoms with van der Waals surface area (Å²) in [5.74, 6) is 0.662. The average molecular weight is 142 g/mol. The Morgan fingerprint density at radius 2 is 2.30 bits per heavy atom. The molecule has 1 saturated heterocycles. The predicted octanol–water partition coefficient (Wildman–Crippen LogP) is -0.317. The van der Waals surface area contributed by atoms with E-state index in [2.05, 4.69) is 17.3 Å². The summed E-state index contributed by atoms with van der Waals surface area (Å²) in [7, 11) is 2.09. The highest BCUT2D eigenvalue weighted by Crippen LogP contribution is 2.15. The topological polar surface area (TPSA) is 32.3 Å². The van der Waals surface area contributed by atoms with E-state index >= 15 is 0 Å². The molecule has 0 aromatic heterocycles. The Hall–Kier alpha value is -0.570. The summed E-state index contributed by atoms with van der Waals surface area (Å²) in [6.45, 7) is 4.27. The maximum atomic E-state index is 10.0. The molecule has 0 aromatic carbocycles. The van der Waals surface area contributed by atoms with E-state index in [1.165, 1.54) is 0 Å². The molecule has 0 saturated carbocycles. The van der Waals surface area contributed by atoms with E-state index < -0.39 is 0 Å². The van der Waals surface area contributed by atoms with Crippen LogP contribution in [0.4, 0.5) is 0 Å². The van der Waals surface area contributed by atoms with Crippen LogP contribution in [0.3, 0.4) is 0 Å². The molecule has 1 amide bonds. The molecular weight excluding hydrogens is 128 g/mol. The van der Waals surface area contributed by atoms with Crippen molar-refractivity contribution in [3.05, 3.63) is 0 Å². The van der Waals surface area contributed by atoms with Gasteiger partial charge in [-0.1, -0.05) is 0 Å². The Balaban J connectivity index is 2.17. The van der Waals surface area contributed by atoms with Crippen molar-refractivity contribution >= 4 is 6.41 Å². The van der Waals surface area contributed by atoms with Gasteiger partial charge in [0, 0.05) is 25.0 Å². The number of likely N-dealkylation sites (tertiary alicyclic amines) is 1. The van der Waals surface area contributed by atoms with E-state index in [0.29, 0.717) is 12.0 Å². The third-order valence-electron chi connectivity index (χ3n) is 2.13. The van der Waals surface area contributed by atoms with Crippen LogP contribution in [0, 0.1) is 5.92 Å². The van der Waals surface area contributed by atoms with Crippen LogP contribution in [0.1, 0.15) is 6.92 Å². The number of nitrogens with one attached hydrogen (secondary N) is 1. The molecule has 3 nitrogen and oxygen atoms in total. The van der Waals surface area contributed by atoms with Gasteiger partial charge in [-0.2, -0.15) is 0 Å². The predicted molar refractivity (Wildman–Crippen MR) is 39.6 cm³/mol. The van der Waals surface area contributed by atoms with E-state index in [9.17, 15) is 4.79 Å². The van der Waals surface area contributed by atoms with Crippen molar-refractivity contribution < 1.29 is 4.79 Å². The molecule has 1 heterocycles. The summed E-state index contributed by atoms with van der Waals surface area (Å²) in [5.41, 5.74) is 0. The Labute approximate surface area is 61.4 Å². The first-order valence-corrected chi connectivity index (χ1v) is 3.62. The third kappa shape index (κ3) is 1.48. The van der Waals surface area contributed by atoms with E-state index in [1.807, 2.05) is 6.92 Å². The first-order chi connectivity index (χ1) is 4.74. The molecule has 1 rings (SSSR count). The van der Waals surface area contributed by atoms with Crippen LogP contribution in [-0.2, 0) is 4.79 Å². The molecule has 1 fully saturated rings. The van der Waals surface area contributed by atoms with Crippen LogP contribution in [-0.4, -0.2) is 37.5 Å². The van der Waals surface area contributed by atoms with Crippen LogP contribution >= 0.6 is 0 Å². The van der Waals surface area contributed by atoms with Crippen molar-refractivity contribution in [1.82, 2.24) is 10.2 Å². The summed E-state index contributed by atoms with van der Waals surface area (Å²) >= 11 is 0. The maximum Gasteiger partial charge on any atom is 0.207 e. The molecule has 0 aliphatic carbocycles. The average Bonchev–Trinajstić information content (AvgIpc) is 1.82. The van der Waals surface area contributed by atoms with Gasteiger partial charge in [0.2, 0.25) is 6.41 Å². The molecule has 0 unspecified atom stereocenters. The number of hydrogen-bond donors (Lipinski definition) is 1. The lowest BCUT2D eigenvalue weighted by Crippen LogP contribution is -2.52. The van der Waals surface area contributed by atoms with E-state index in [4.69, 9.17) is 0 Å². The fourth-order valence-electron chi connectivity index (χ4n) is 1.31. The van der Waals surface area contributed by atoms with Gasteiger partial charge in [0.05, 0.1) is 0 Å². The molecule has 0 radical (unpaired) electrons. The first-order valence-electron chi connectivity index (χ1n) is 3.62. The minimum atomic E-state index is 0.341. The highest BCUT2D eigenvalue weighted by Gasteiger charge is 2.27. The van der Waals surface area contributed by atoms with Crippen LogP contribution < -0.4 is 5.32 Å². The zero-order valence-corrected chi connectivity index (χ0v) is 6.50. The smallest absolute Gasteiger partial charge is 0.207 e. The first kappa shape index (κ1) is 7.54. The Bertz CT molecular complexity index is 121. The van der Waals surface area contributed by atoms with Crippen LogP contribution in [0.5, 0.6) is 0 Å². The molecule has 3 heteroatoms. The number of hydrogen-bond acceptors (Lipinski definition) is 2. The molecule has 1 aliphatic heterocycles. The minimum Gasteiger partial charge on any atom is -0.356 e. The third-order valence-corrected chi connectivity index (χ3v) is 2.13. The van der Waals surface area contributed by atoms with Gasteiger partial charge in [-0.25, -0.2) is 0 Å². The molecular formula is C7H14N2O. The summed E-state index contributed by atoms with van der Waals surface area (Å²) in [4.78, 5) is 12.3. The molecule has 0 bridgehead atoms. The van der Waals surface area contributed by atoms with Gasteiger partial charge in [-0.05, 0) is 14.0 Å². The molecule has 1 N–H and O–H groups in total. The summed E-state index contributed by atoms with van der Waals surface area (Å²) < 4.78 is 0. The summed E-state index contributed by atoms with van der Waals surface area (Å²) in [6, 6.07) is 0.341. The zero-order chi connectivity index (χ0) is 7.56. The van der Waals surface area contributed by atoms with Gasteiger partial charge in [-0.3, -0.25) is 4.79 Å². The number of nitrogens with zero attached hydrogens (tertiary/aromatic N) is 1. The SMILES string of the molecule is C[C@H](NC=O)C1CN(C)C1. The lowest BCUT2D eigenvalue weighted by atomic mass is 9.94. The van der Waals surface area contributed by atoms with Crippen molar-refractivity contribution in [1.29, 1.82) is 0 Å². The number of carbonyl (C=O) groups excluding carboxylic acids is 1. The standard InChI is InChI=1S/C7H14N2O/c1-6(8-5-10)7-3-9(2)4-7/h5-7H,3-4H2,1-2H3,(H,8,10)/t6-/m0/s1. The van der Waals surface area contributed by atoms with Crippen LogP contribution in [0.25, 0.3) is 0 Å². The second kappa shape index (κ2) is 3.01. The number of amides is 1. The van der Waals surface area contributed by atoms with E-state index in [-0.39, 0.29) is 0 Å². The molecule has 1 aliphatic rings. The van der Waals surface area contributed by atoms with Gasteiger partial charge >= 0.3 is 0 Å². The Morgan fingerprint density at radius 3 is 2.70 bits per heavy atom. The Morgan fingerprint density at radius 1 is 1.70 bits per heavy atom. The largest absolute Gasteiger partial charge is 0.356 e. The second-order valence-electron chi connectivity index (χ2n) is 3.05. The molecule has 1 atom stereocenters.